The van der Waals surface area contributed by atoms with Gasteiger partial charge in [0, 0.05) is 26.7 Å². The van der Waals surface area contributed by atoms with Crippen LogP contribution in [0, 0.1) is 11.8 Å². The first-order valence-electron chi connectivity index (χ1n) is 14.0. The van der Waals surface area contributed by atoms with Crippen molar-refractivity contribution in [2.24, 2.45) is 11.8 Å². The third-order valence-electron chi connectivity index (χ3n) is 9.07. The molecule has 0 aromatic heterocycles. The Kier molecular flexibility index (Phi) is 6.63. The number of aliphatic hydroxyl groups excluding tert-OH is 1. The van der Waals surface area contributed by atoms with E-state index in [1.807, 2.05) is 91.9 Å². The summed E-state index contributed by atoms with van der Waals surface area (Å²) in [4.78, 5) is 48.0. The molecule has 0 aliphatic carbocycles. The molecule has 6 atom stereocenters. The summed E-state index contributed by atoms with van der Waals surface area (Å²) in [5.41, 5.74) is -0.694. The van der Waals surface area contributed by atoms with E-state index in [-0.39, 0.29) is 24.3 Å². The summed E-state index contributed by atoms with van der Waals surface area (Å²) in [5, 5.41) is 10.7. The Labute approximate surface area is 234 Å². The summed E-state index contributed by atoms with van der Waals surface area (Å²) in [6, 6.07) is 17.2. The topological polar surface area (TPSA) is 90.4 Å². The molecule has 208 valence electrons. The normalized spacial score (nSPS) is 32.0. The van der Waals surface area contributed by atoms with Crippen LogP contribution < -0.4 is 0 Å². The number of aliphatic hydroxyl groups is 1. The minimum absolute atomic E-state index is 0.172. The van der Waals surface area contributed by atoms with E-state index in [0.29, 0.717) is 26.1 Å². The Bertz CT molecular complexity index is 1360. The van der Waals surface area contributed by atoms with Crippen molar-refractivity contribution in [3.8, 4) is 0 Å². The number of nitrogens with zero attached hydrogens (tertiary/aromatic N) is 3. The van der Waals surface area contributed by atoms with E-state index in [2.05, 4.69) is 0 Å². The molecule has 3 amide bonds. The van der Waals surface area contributed by atoms with Gasteiger partial charge < -0.3 is 24.5 Å². The fourth-order valence-electron chi connectivity index (χ4n) is 7.18. The van der Waals surface area contributed by atoms with E-state index in [1.165, 1.54) is 4.90 Å². The highest BCUT2D eigenvalue weighted by molar-refractivity contribution is 6.00. The second kappa shape index (κ2) is 10.0. The summed E-state index contributed by atoms with van der Waals surface area (Å²) in [7, 11) is 1.73. The van der Waals surface area contributed by atoms with Gasteiger partial charge in [-0.05, 0) is 17.5 Å². The maximum atomic E-state index is 14.7. The van der Waals surface area contributed by atoms with Gasteiger partial charge in [0.25, 0.3) is 0 Å². The SMILES string of the molecule is CC[C@]12C=CCN(C)C(=O)[C@H]1[C@H]1C(=O)N([C@H](CO)c3ccccc3)C3C(=O)N(Cc4ccccc4)CC=C[C@@]31O2. The number of likely N-dealkylation sites (N-methyl/N-ethyl adjacent to an activating group) is 1. The second-order valence-corrected chi connectivity index (χ2v) is 11.2. The van der Waals surface area contributed by atoms with E-state index in [4.69, 9.17) is 4.74 Å². The highest BCUT2D eigenvalue weighted by Crippen LogP contribution is 2.59. The van der Waals surface area contributed by atoms with Gasteiger partial charge >= 0.3 is 0 Å². The van der Waals surface area contributed by atoms with Gasteiger partial charge in [0.1, 0.15) is 11.6 Å². The lowest BCUT2D eigenvalue weighted by atomic mass is 9.73. The van der Waals surface area contributed by atoms with Crippen LogP contribution in [0.25, 0.3) is 0 Å². The summed E-state index contributed by atoms with van der Waals surface area (Å²) < 4.78 is 6.98. The standard InChI is InChI=1S/C32H35N3O5/c1-3-31-16-10-18-33(2)28(37)25(31)26-29(38)35(24(21-36)23-14-8-5-9-15-23)27-30(39)34(19-11-17-32(26,27)40-31)20-22-12-6-4-7-13-22/h4-17,24-27,36H,3,18-21H2,1-2H3/t24-,25-,26+,27?,31+,32+/m1/s1. The molecule has 8 heteroatoms. The van der Waals surface area contributed by atoms with Gasteiger partial charge in [-0.15, -0.1) is 0 Å². The average molecular weight is 542 g/mol. The highest BCUT2D eigenvalue weighted by Gasteiger charge is 2.75. The fraction of sp³-hybridized carbons (Fsp3) is 0.406. The third kappa shape index (κ3) is 3.84. The monoisotopic (exact) mass is 541 g/mol. The number of carbonyl (C=O) groups excluding carboxylic acids is 3. The summed E-state index contributed by atoms with van der Waals surface area (Å²) in [6.07, 6.45) is 8.07. The molecule has 1 N–H and O–H groups in total. The minimum Gasteiger partial charge on any atom is -0.394 e. The van der Waals surface area contributed by atoms with Crippen molar-refractivity contribution in [1.29, 1.82) is 0 Å². The van der Waals surface area contributed by atoms with Crippen LogP contribution in [0.3, 0.4) is 0 Å². The van der Waals surface area contributed by atoms with E-state index in [9.17, 15) is 19.5 Å². The van der Waals surface area contributed by atoms with Crippen LogP contribution in [0.15, 0.2) is 85.0 Å². The zero-order valence-electron chi connectivity index (χ0n) is 22.8. The van der Waals surface area contributed by atoms with E-state index in [0.717, 1.165) is 11.1 Å². The Morgan fingerprint density at radius 3 is 2.25 bits per heavy atom. The largest absolute Gasteiger partial charge is 0.394 e. The molecule has 2 aromatic carbocycles. The second-order valence-electron chi connectivity index (χ2n) is 11.2. The lowest BCUT2D eigenvalue weighted by Gasteiger charge is -2.41. The zero-order valence-corrected chi connectivity index (χ0v) is 22.8. The highest BCUT2D eigenvalue weighted by atomic mass is 16.5. The number of amides is 3. The Morgan fingerprint density at radius 1 is 0.900 bits per heavy atom. The van der Waals surface area contributed by atoms with Crippen molar-refractivity contribution in [2.75, 3.05) is 26.7 Å². The molecule has 40 heavy (non-hydrogen) atoms. The van der Waals surface area contributed by atoms with Crippen molar-refractivity contribution < 1.29 is 24.2 Å². The van der Waals surface area contributed by atoms with Crippen LogP contribution in [0.1, 0.15) is 30.5 Å². The summed E-state index contributed by atoms with van der Waals surface area (Å²) in [6.45, 7) is 2.71. The maximum absolute atomic E-state index is 14.7. The van der Waals surface area contributed by atoms with Gasteiger partial charge in [0.05, 0.1) is 30.1 Å². The van der Waals surface area contributed by atoms with Crippen LogP contribution in [0.5, 0.6) is 0 Å². The lowest BCUT2D eigenvalue weighted by Crippen LogP contribution is -2.56. The average Bonchev–Trinajstić information content (AvgIpc) is 3.28. The van der Waals surface area contributed by atoms with Gasteiger partial charge in [-0.3, -0.25) is 14.4 Å². The molecule has 1 spiro atoms. The molecule has 2 fully saturated rings. The molecule has 0 saturated carbocycles. The van der Waals surface area contributed by atoms with Gasteiger partial charge in [0.15, 0.2) is 0 Å². The molecule has 4 aliphatic heterocycles. The Hall–Kier alpha value is -3.75. The molecule has 8 nitrogen and oxygen atoms in total. The van der Waals surface area contributed by atoms with Crippen LogP contribution in [-0.2, 0) is 25.7 Å². The number of carbonyl (C=O) groups is 3. The van der Waals surface area contributed by atoms with Crippen molar-refractivity contribution in [2.45, 2.75) is 43.2 Å². The number of fused-ring (bicyclic) bond motifs is 2. The predicted molar refractivity (Wildman–Crippen MR) is 148 cm³/mol. The van der Waals surface area contributed by atoms with Crippen LogP contribution in [0.4, 0.5) is 0 Å². The first-order chi connectivity index (χ1) is 19.4. The van der Waals surface area contributed by atoms with Crippen molar-refractivity contribution in [3.05, 3.63) is 96.1 Å². The quantitative estimate of drug-likeness (QED) is 0.568. The molecule has 4 heterocycles. The molecule has 2 aromatic rings. The summed E-state index contributed by atoms with van der Waals surface area (Å²) >= 11 is 0. The molecule has 6 rings (SSSR count). The van der Waals surface area contributed by atoms with Crippen molar-refractivity contribution in [1.82, 2.24) is 14.7 Å². The van der Waals surface area contributed by atoms with Crippen molar-refractivity contribution in [3.63, 3.8) is 0 Å². The Balaban J connectivity index is 1.52. The number of likely N-dealkylation sites (tertiary alicyclic amines) is 1. The lowest BCUT2D eigenvalue weighted by molar-refractivity contribution is -0.157. The minimum atomic E-state index is -1.36. The molecule has 0 bridgehead atoms. The summed E-state index contributed by atoms with van der Waals surface area (Å²) in [5.74, 6) is -2.48. The van der Waals surface area contributed by atoms with Gasteiger partial charge in [-0.2, -0.15) is 0 Å². The van der Waals surface area contributed by atoms with Crippen molar-refractivity contribution >= 4 is 17.7 Å². The third-order valence-corrected chi connectivity index (χ3v) is 9.07. The van der Waals surface area contributed by atoms with E-state index < -0.39 is 35.1 Å². The van der Waals surface area contributed by atoms with Gasteiger partial charge in [0.2, 0.25) is 17.7 Å². The Morgan fingerprint density at radius 2 is 1.57 bits per heavy atom. The number of ether oxygens (including phenoxy) is 1. The number of benzene rings is 2. The van der Waals surface area contributed by atoms with Crippen LogP contribution >= 0.6 is 0 Å². The van der Waals surface area contributed by atoms with E-state index in [1.54, 1.807) is 16.8 Å². The number of hydrogen-bond acceptors (Lipinski definition) is 5. The molecule has 4 aliphatic rings. The van der Waals surface area contributed by atoms with E-state index >= 15 is 0 Å². The molecular weight excluding hydrogens is 506 g/mol. The number of rotatable bonds is 6. The smallest absolute Gasteiger partial charge is 0.249 e. The predicted octanol–water partition coefficient (Wildman–Crippen LogP) is 2.71. The fourth-order valence-corrected chi connectivity index (χ4v) is 7.18. The maximum Gasteiger partial charge on any atom is 0.249 e. The zero-order chi connectivity index (χ0) is 28.1. The van der Waals surface area contributed by atoms with Crippen LogP contribution in [0.2, 0.25) is 0 Å². The van der Waals surface area contributed by atoms with Gasteiger partial charge in [-0.1, -0.05) is 91.9 Å². The molecular formula is C32H35N3O5. The molecule has 2 saturated heterocycles. The first-order valence-corrected chi connectivity index (χ1v) is 14.0. The van der Waals surface area contributed by atoms with Gasteiger partial charge in [-0.25, -0.2) is 0 Å². The molecule has 0 radical (unpaired) electrons. The molecule has 1 unspecified atom stereocenters. The van der Waals surface area contributed by atoms with Crippen LogP contribution in [-0.4, -0.2) is 81.5 Å². The number of hydrogen-bond donors (Lipinski definition) is 1. The first kappa shape index (κ1) is 26.5.